The molecule has 0 aliphatic carbocycles. The van der Waals surface area contributed by atoms with Crippen molar-refractivity contribution >= 4 is 6.09 Å². The number of rotatable bonds is 3. The number of hydrogen-bond acceptors (Lipinski definition) is 5. The molecule has 3 aromatic rings. The normalized spacial score (nSPS) is 13.8. The van der Waals surface area contributed by atoms with Gasteiger partial charge in [0.05, 0.1) is 17.9 Å². The van der Waals surface area contributed by atoms with Crippen LogP contribution in [-0.4, -0.2) is 42.9 Å². The molecular weight excluding hydrogens is 378 g/mol. The van der Waals surface area contributed by atoms with Gasteiger partial charge in [0.15, 0.2) is 0 Å². The topological polar surface area (TPSA) is 73.1 Å². The molecule has 4 rings (SSSR count). The fraction of sp³-hybridized carbons (Fsp3) is 0.391. The molecule has 0 unspecified atom stereocenters. The Morgan fingerprint density at radius 2 is 1.90 bits per heavy atom. The standard InChI is InChI=1S/C23H27N5O2/c1-23(2,3)30-22(29)28-13-10-17-19(15-28)24-20(14-16-8-6-5-7-9-16)25-21(17)18-11-12-27(4)26-18/h5-9,11-12H,10,13-15H2,1-4H3. The first kappa shape index (κ1) is 20.1. The predicted molar refractivity (Wildman–Crippen MR) is 114 cm³/mol. The first-order valence-electron chi connectivity index (χ1n) is 10.2. The number of fused-ring (bicyclic) bond motifs is 1. The molecule has 7 nitrogen and oxygen atoms in total. The summed E-state index contributed by atoms with van der Waals surface area (Å²) < 4.78 is 7.34. The van der Waals surface area contributed by atoms with Gasteiger partial charge in [0, 0.05) is 31.8 Å². The van der Waals surface area contributed by atoms with Gasteiger partial charge in [0.1, 0.15) is 17.1 Å². The highest BCUT2D eigenvalue weighted by Gasteiger charge is 2.29. The van der Waals surface area contributed by atoms with Gasteiger partial charge in [-0.15, -0.1) is 0 Å². The number of benzene rings is 1. The number of hydrogen-bond donors (Lipinski definition) is 0. The summed E-state index contributed by atoms with van der Waals surface area (Å²) in [7, 11) is 1.90. The summed E-state index contributed by atoms with van der Waals surface area (Å²) in [4.78, 5) is 24.0. The van der Waals surface area contributed by atoms with Crippen LogP contribution in [0, 0.1) is 0 Å². The summed E-state index contributed by atoms with van der Waals surface area (Å²) >= 11 is 0. The summed E-state index contributed by atoms with van der Waals surface area (Å²) in [6.45, 7) is 6.61. The molecule has 1 aliphatic rings. The summed E-state index contributed by atoms with van der Waals surface area (Å²) in [5, 5.41) is 4.56. The minimum atomic E-state index is -0.527. The molecule has 0 bridgehead atoms. The Morgan fingerprint density at radius 1 is 1.13 bits per heavy atom. The van der Waals surface area contributed by atoms with Crippen LogP contribution in [-0.2, 0) is 31.2 Å². The minimum Gasteiger partial charge on any atom is -0.444 e. The zero-order valence-electron chi connectivity index (χ0n) is 17.9. The summed E-state index contributed by atoms with van der Waals surface area (Å²) in [5.41, 5.74) is 4.23. The fourth-order valence-corrected chi connectivity index (χ4v) is 3.57. The lowest BCUT2D eigenvalue weighted by molar-refractivity contribution is 0.0220. The Labute approximate surface area is 176 Å². The van der Waals surface area contributed by atoms with Crippen LogP contribution >= 0.6 is 0 Å². The van der Waals surface area contributed by atoms with Gasteiger partial charge in [-0.25, -0.2) is 14.8 Å². The van der Waals surface area contributed by atoms with E-state index in [1.54, 1.807) is 9.58 Å². The monoisotopic (exact) mass is 405 g/mol. The van der Waals surface area contributed by atoms with Crippen LogP contribution in [0.2, 0.25) is 0 Å². The number of aryl methyl sites for hydroxylation is 1. The van der Waals surface area contributed by atoms with Crippen LogP contribution in [0.3, 0.4) is 0 Å². The molecule has 1 amide bonds. The van der Waals surface area contributed by atoms with Crippen molar-refractivity contribution < 1.29 is 9.53 Å². The van der Waals surface area contributed by atoms with Crippen molar-refractivity contribution in [1.82, 2.24) is 24.6 Å². The van der Waals surface area contributed by atoms with E-state index in [1.165, 1.54) is 0 Å². The van der Waals surface area contributed by atoms with Gasteiger partial charge in [0.2, 0.25) is 0 Å². The number of ether oxygens (including phenoxy) is 1. The molecule has 0 saturated heterocycles. The van der Waals surface area contributed by atoms with Gasteiger partial charge < -0.3 is 9.64 Å². The van der Waals surface area contributed by atoms with Crippen LogP contribution in [0.25, 0.3) is 11.4 Å². The van der Waals surface area contributed by atoms with E-state index in [-0.39, 0.29) is 6.09 Å². The molecule has 7 heteroatoms. The van der Waals surface area contributed by atoms with E-state index in [2.05, 4.69) is 17.2 Å². The van der Waals surface area contributed by atoms with Crippen LogP contribution in [0.1, 0.15) is 43.4 Å². The van der Waals surface area contributed by atoms with Crippen LogP contribution in [0.15, 0.2) is 42.6 Å². The number of aromatic nitrogens is 4. The van der Waals surface area contributed by atoms with E-state index in [4.69, 9.17) is 14.7 Å². The molecule has 156 valence electrons. The first-order chi connectivity index (χ1) is 14.3. The smallest absolute Gasteiger partial charge is 0.410 e. The second-order valence-electron chi connectivity index (χ2n) is 8.60. The van der Waals surface area contributed by atoms with Crippen molar-refractivity contribution in [2.24, 2.45) is 7.05 Å². The number of carbonyl (C=O) groups excluding carboxylic acids is 1. The number of carbonyl (C=O) groups is 1. The van der Waals surface area contributed by atoms with Gasteiger partial charge in [0.25, 0.3) is 0 Å². The average Bonchev–Trinajstić information content (AvgIpc) is 3.12. The average molecular weight is 406 g/mol. The van der Waals surface area contributed by atoms with Crippen molar-refractivity contribution in [2.75, 3.05) is 6.54 Å². The molecule has 0 fully saturated rings. The molecule has 0 N–H and O–H groups in total. The number of nitrogens with zero attached hydrogens (tertiary/aromatic N) is 5. The van der Waals surface area contributed by atoms with E-state index in [0.29, 0.717) is 25.9 Å². The molecule has 30 heavy (non-hydrogen) atoms. The highest BCUT2D eigenvalue weighted by Crippen LogP contribution is 2.28. The molecule has 0 spiro atoms. The van der Waals surface area contributed by atoms with Crippen LogP contribution in [0.4, 0.5) is 4.79 Å². The minimum absolute atomic E-state index is 0.309. The molecule has 2 aromatic heterocycles. The second-order valence-corrected chi connectivity index (χ2v) is 8.60. The quantitative estimate of drug-likeness (QED) is 0.663. The van der Waals surface area contributed by atoms with Crippen molar-refractivity contribution in [3.05, 3.63) is 65.2 Å². The molecule has 0 atom stereocenters. The Balaban J connectivity index is 1.69. The molecule has 1 aliphatic heterocycles. The third kappa shape index (κ3) is 4.50. The predicted octanol–water partition coefficient (Wildman–Crippen LogP) is 3.76. The lowest BCUT2D eigenvalue weighted by Gasteiger charge is -2.31. The largest absolute Gasteiger partial charge is 0.444 e. The Bertz CT molecular complexity index is 1050. The SMILES string of the molecule is Cn1ccc(-c2nc(Cc3ccccc3)nc3c2CCN(C(=O)OC(C)(C)C)C3)n1. The lowest BCUT2D eigenvalue weighted by Crippen LogP contribution is -2.40. The molecule has 3 heterocycles. The third-order valence-electron chi connectivity index (χ3n) is 4.92. The highest BCUT2D eigenvalue weighted by atomic mass is 16.6. The molecule has 0 radical (unpaired) electrons. The zero-order valence-corrected chi connectivity index (χ0v) is 17.9. The van der Waals surface area contributed by atoms with Crippen molar-refractivity contribution in [3.63, 3.8) is 0 Å². The molecule has 1 aromatic carbocycles. The maximum absolute atomic E-state index is 12.6. The second kappa shape index (κ2) is 7.89. The first-order valence-corrected chi connectivity index (χ1v) is 10.2. The van der Waals surface area contributed by atoms with Crippen LogP contribution < -0.4 is 0 Å². The maximum Gasteiger partial charge on any atom is 0.410 e. The zero-order chi connectivity index (χ0) is 21.3. The van der Waals surface area contributed by atoms with E-state index < -0.39 is 5.60 Å². The fourth-order valence-electron chi connectivity index (χ4n) is 3.57. The Kier molecular flexibility index (Phi) is 5.28. The Hall–Kier alpha value is -3.22. The molecule has 0 saturated carbocycles. The van der Waals surface area contributed by atoms with Gasteiger partial charge >= 0.3 is 6.09 Å². The van der Waals surface area contributed by atoms with E-state index in [9.17, 15) is 4.79 Å². The van der Waals surface area contributed by atoms with Crippen molar-refractivity contribution in [2.45, 2.75) is 45.8 Å². The maximum atomic E-state index is 12.6. The van der Waals surface area contributed by atoms with Gasteiger partial charge in [-0.05, 0) is 38.8 Å². The van der Waals surface area contributed by atoms with Crippen LogP contribution in [0.5, 0.6) is 0 Å². The van der Waals surface area contributed by atoms with Gasteiger partial charge in [-0.3, -0.25) is 4.68 Å². The van der Waals surface area contributed by atoms with Gasteiger partial charge in [-0.1, -0.05) is 30.3 Å². The van der Waals surface area contributed by atoms with Crippen molar-refractivity contribution in [3.8, 4) is 11.4 Å². The van der Waals surface area contributed by atoms with E-state index in [0.717, 1.165) is 34.0 Å². The number of amides is 1. The van der Waals surface area contributed by atoms with E-state index >= 15 is 0 Å². The third-order valence-corrected chi connectivity index (χ3v) is 4.92. The van der Waals surface area contributed by atoms with Crippen molar-refractivity contribution in [1.29, 1.82) is 0 Å². The summed E-state index contributed by atoms with van der Waals surface area (Å²) in [5.74, 6) is 0.728. The highest BCUT2D eigenvalue weighted by molar-refractivity contribution is 5.69. The van der Waals surface area contributed by atoms with Gasteiger partial charge in [-0.2, -0.15) is 5.10 Å². The summed E-state index contributed by atoms with van der Waals surface area (Å²) in [6.07, 6.45) is 2.90. The molecular formula is C23H27N5O2. The van der Waals surface area contributed by atoms with E-state index in [1.807, 2.05) is 58.3 Å². The summed E-state index contributed by atoms with van der Waals surface area (Å²) in [6, 6.07) is 12.1. The lowest BCUT2D eigenvalue weighted by atomic mass is 10.0. The Morgan fingerprint density at radius 3 is 2.57 bits per heavy atom.